The molecule has 0 saturated heterocycles. The van der Waals surface area contributed by atoms with Gasteiger partial charge in [-0.2, -0.15) is 0 Å². The summed E-state index contributed by atoms with van der Waals surface area (Å²) in [6, 6.07) is 0. The van der Waals surface area contributed by atoms with Gasteiger partial charge in [0.1, 0.15) is 11.6 Å². The molecular weight excluding hydrogens is 214 g/mol. The Hall–Kier alpha value is -0.570. The summed E-state index contributed by atoms with van der Waals surface area (Å²) in [5, 5.41) is 0. The van der Waals surface area contributed by atoms with Crippen LogP contribution in [0.4, 0.5) is 0 Å². The molecule has 0 spiro atoms. The molecule has 0 radical (unpaired) electrons. The minimum Gasteiger partial charge on any atom is -0.461 e. The maximum Gasteiger partial charge on any atom is 0.326 e. The number of carbonyl (C=O) groups excluding carboxylic acids is 1. The zero-order chi connectivity index (χ0) is 12.3. The second kappa shape index (κ2) is 5.38. The zero-order valence-electron chi connectivity index (χ0n) is 10.9. The van der Waals surface area contributed by atoms with Crippen molar-refractivity contribution in [3.8, 4) is 0 Å². The highest BCUT2D eigenvalue weighted by molar-refractivity contribution is 5.80. The maximum atomic E-state index is 12.2. The van der Waals surface area contributed by atoms with E-state index in [-0.39, 0.29) is 12.1 Å². The molecule has 2 N–H and O–H groups in total. The van der Waals surface area contributed by atoms with Crippen molar-refractivity contribution in [3.05, 3.63) is 0 Å². The minimum atomic E-state index is -0.685. The van der Waals surface area contributed by atoms with Crippen molar-refractivity contribution in [1.29, 1.82) is 0 Å². The molecule has 2 unspecified atom stereocenters. The van der Waals surface area contributed by atoms with Crippen molar-refractivity contribution in [1.82, 2.24) is 0 Å². The van der Waals surface area contributed by atoms with Crippen LogP contribution in [0.15, 0.2) is 0 Å². The molecule has 2 fully saturated rings. The predicted molar refractivity (Wildman–Crippen MR) is 67.5 cm³/mol. The zero-order valence-corrected chi connectivity index (χ0v) is 10.9. The summed E-state index contributed by atoms with van der Waals surface area (Å²) < 4.78 is 5.68. The SMILES string of the molecule is CC1CCCCC1OC(=O)C1(N)CCCCC1. The van der Waals surface area contributed by atoms with Crippen LogP contribution in [0.2, 0.25) is 0 Å². The molecule has 0 aromatic rings. The van der Waals surface area contributed by atoms with Crippen molar-refractivity contribution in [2.45, 2.75) is 76.4 Å². The lowest BCUT2D eigenvalue weighted by molar-refractivity contribution is -0.161. The van der Waals surface area contributed by atoms with Gasteiger partial charge in [-0.15, -0.1) is 0 Å². The van der Waals surface area contributed by atoms with Crippen LogP contribution < -0.4 is 5.73 Å². The molecule has 2 aliphatic carbocycles. The third-order valence-corrected chi connectivity index (χ3v) is 4.44. The molecule has 0 heterocycles. The van der Waals surface area contributed by atoms with Crippen LogP contribution in [0.5, 0.6) is 0 Å². The topological polar surface area (TPSA) is 52.3 Å². The molecule has 0 amide bonds. The summed E-state index contributed by atoms with van der Waals surface area (Å²) in [6.07, 6.45) is 9.67. The highest BCUT2D eigenvalue weighted by atomic mass is 16.5. The van der Waals surface area contributed by atoms with E-state index < -0.39 is 5.54 Å². The van der Waals surface area contributed by atoms with Crippen molar-refractivity contribution in [2.24, 2.45) is 11.7 Å². The Labute approximate surface area is 104 Å². The maximum absolute atomic E-state index is 12.2. The minimum absolute atomic E-state index is 0.110. The van der Waals surface area contributed by atoms with Crippen molar-refractivity contribution < 1.29 is 9.53 Å². The summed E-state index contributed by atoms with van der Waals surface area (Å²) in [5.74, 6) is 0.357. The van der Waals surface area contributed by atoms with Gasteiger partial charge in [0.25, 0.3) is 0 Å². The molecule has 98 valence electrons. The molecule has 2 aliphatic rings. The van der Waals surface area contributed by atoms with E-state index in [1.54, 1.807) is 0 Å². The van der Waals surface area contributed by atoms with Gasteiger partial charge in [0.15, 0.2) is 0 Å². The van der Waals surface area contributed by atoms with Gasteiger partial charge in [-0.1, -0.05) is 32.6 Å². The fourth-order valence-corrected chi connectivity index (χ4v) is 3.10. The van der Waals surface area contributed by atoms with E-state index in [0.717, 1.165) is 32.1 Å². The van der Waals surface area contributed by atoms with Gasteiger partial charge < -0.3 is 10.5 Å². The first-order valence-corrected chi connectivity index (χ1v) is 7.12. The van der Waals surface area contributed by atoms with Gasteiger partial charge in [0.2, 0.25) is 0 Å². The predicted octanol–water partition coefficient (Wildman–Crippen LogP) is 2.77. The molecule has 2 saturated carbocycles. The Kier molecular flexibility index (Phi) is 4.08. The van der Waals surface area contributed by atoms with Gasteiger partial charge in [-0.25, -0.2) is 0 Å². The summed E-state index contributed by atoms with van der Waals surface area (Å²) in [7, 11) is 0. The van der Waals surface area contributed by atoms with E-state index in [2.05, 4.69) is 6.92 Å². The molecule has 17 heavy (non-hydrogen) atoms. The number of hydrogen-bond acceptors (Lipinski definition) is 3. The first kappa shape index (κ1) is 12.9. The van der Waals surface area contributed by atoms with Crippen LogP contribution >= 0.6 is 0 Å². The van der Waals surface area contributed by atoms with Crippen molar-refractivity contribution >= 4 is 5.97 Å². The molecule has 2 atom stereocenters. The number of ether oxygens (including phenoxy) is 1. The van der Waals surface area contributed by atoms with Gasteiger partial charge in [-0.05, 0) is 38.0 Å². The summed E-state index contributed by atoms with van der Waals surface area (Å²) in [4.78, 5) is 12.2. The number of rotatable bonds is 2. The third kappa shape index (κ3) is 3.01. The average molecular weight is 239 g/mol. The van der Waals surface area contributed by atoms with Crippen LogP contribution in [0.3, 0.4) is 0 Å². The van der Waals surface area contributed by atoms with Crippen LogP contribution in [-0.4, -0.2) is 17.6 Å². The largest absolute Gasteiger partial charge is 0.461 e. The van der Waals surface area contributed by atoms with Gasteiger partial charge in [0.05, 0.1) is 0 Å². The standard InChI is InChI=1S/C14H25NO2/c1-11-7-3-4-8-12(11)17-13(16)14(15)9-5-2-6-10-14/h11-12H,2-10,15H2,1H3. The van der Waals surface area contributed by atoms with E-state index in [4.69, 9.17) is 10.5 Å². The lowest BCUT2D eigenvalue weighted by atomic mass is 9.82. The number of esters is 1. The van der Waals surface area contributed by atoms with Gasteiger partial charge in [0, 0.05) is 0 Å². The summed E-state index contributed by atoms with van der Waals surface area (Å²) >= 11 is 0. The number of nitrogens with two attached hydrogens (primary N) is 1. The first-order chi connectivity index (χ1) is 8.12. The second-order valence-electron chi connectivity index (χ2n) is 5.92. The lowest BCUT2D eigenvalue weighted by Crippen LogP contribution is -2.51. The summed E-state index contributed by atoms with van der Waals surface area (Å²) in [5.41, 5.74) is 5.51. The Morgan fingerprint density at radius 1 is 1.12 bits per heavy atom. The molecule has 3 heteroatoms. The number of hydrogen-bond donors (Lipinski definition) is 1. The second-order valence-corrected chi connectivity index (χ2v) is 5.92. The average Bonchev–Trinajstić information content (AvgIpc) is 2.33. The Morgan fingerprint density at radius 2 is 1.76 bits per heavy atom. The molecule has 3 nitrogen and oxygen atoms in total. The van der Waals surface area contributed by atoms with Crippen LogP contribution in [0.25, 0.3) is 0 Å². The van der Waals surface area contributed by atoms with Crippen LogP contribution in [-0.2, 0) is 9.53 Å². The summed E-state index contributed by atoms with van der Waals surface area (Å²) in [6.45, 7) is 2.18. The van der Waals surface area contributed by atoms with E-state index in [9.17, 15) is 4.79 Å². The fraction of sp³-hybridized carbons (Fsp3) is 0.929. The normalized spacial score (nSPS) is 33.1. The molecule has 0 aliphatic heterocycles. The Morgan fingerprint density at radius 3 is 2.41 bits per heavy atom. The lowest BCUT2D eigenvalue weighted by Gasteiger charge is -2.35. The molecule has 0 aromatic heterocycles. The highest BCUT2D eigenvalue weighted by Gasteiger charge is 2.39. The third-order valence-electron chi connectivity index (χ3n) is 4.44. The van der Waals surface area contributed by atoms with Gasteiger partial charge in [-0.3, -0.25) is 4.79 Å². The molecule has 2 rings (SSSR count). The smallest absolute Gasteiger partial charge is 0.326 e. The van der Waals surface area contributed by atoms with E-state index >= 15 is 0 Å². The highest BCUT2D eigenvalue weighted by Crippen LogP contribution is 2.31. The quantitative estimate of drug-likeness (QED) is 0.754. The first-order valence-electron chi connectivity index (χ1n) is 7.12. The van der Waals surface area contributed by atoms with E-state index in [0.29, 0.717) is 5.92 Å². The molecular formula is C14H25NO2. The van der Waals surface area contributed by atoms with Crippen LogP contribution in [0.1, 0.15) is 64.7 Å². The van der Waals surface area contributed by atoms with E-state index in [1.807, 2.05) is 0 Å². The molecule has 0 aromatic carbocycles. The van der Waals surface area contributed by atoms with E-state index in [1.165, 1.54) is 25.7 Å². The van der Waals surface area contributed by atoms with Gasteiger partial charge >= 0.3 is 5.97 Å². The Bertz CT molecular complexity index is 271. The van der Waals surface area contributed by atoms with Crippen molar-refractivity contribution in [3.63, 3.8) is 0 Å². The van der Waals surface area contributed by atoms with Crippen LogP contribution in [0, 0.1) is 5.92 Å². The fourth-order valence-electron chi connectivity index (χ4n) is 3.10. The van der Waals surface area contributed by atoms with Crippen molar-refractivity contribution in [2.75, 3.05) is 0 Å². The number of carbonyl (C=O) groups is 1. The molecule has 0 bridgehead atoms. The Balaban J connectivity index is 1.90. The monoisotopic (exact) mass is 239 g/mol.